The van der Waals surface area contributed by atoms with E-state index in [1.165, 1.54) is 0 Å². The van der Waals surface area contributed by atoms with Crippen molar-refractivity contribution in [3.8, 4) is 0 Å². The molecule has 0 aromatic heterocycles. The second-order valence-corrected chi connectivity index (χ2v) is 4.71. The van der Waals surface area contributed by atoms with Crippen LogP contribution in [0.3, 0.4) is 0 Å². The van der Waals surface area contributed by atoms with Gasteiger partial charge in [0.2, 0.25) is 10.9 Å². The van der Waals surface area contributed by atoms with Crippen molar-refractivity contribution in [3.05, 3.63) is 26.0 Å². The first-order valence-corrected chi connectivity index (χ1v) is 6.27. The van der Waals surface area contributed by atoms with E-state index in [0.29, 0.717) is 31.0 Å². The van der Waals surface area contributed by atoms with Crippen LogP contribution in [0.5, 0.6) is 0 Å². The average molecular weight is 254 g/mol. The van der Waals surface area contributed by atoms with Gasteiger partial charge in [-0.3, -0.25) is 9.59 Å². The Morgan fingerprint density at radius 3 is 2.44 bits per heavy atom. The molecule has 0 aliphatic heterocycles. The van der Waals surface area contributed by atoms with Gasteiger partial charge >= 0.3 is 0 Å². The first-order valence-electron chi connectivity index (χ1n) is 6.27. The summed E-state index contributed by atoms with van der Waals surface area (Å²) in [4.78, 5) is 24.8. The third-order valence-electron chi connectivity index (χ3n) is 2.95. The number of hydrogen-bond donors (Lipinski definition) is 1. The van der Waals surface area contributed by atoms with Crippen molar-refractivity contribution in [3.63, 3.8) is 0 Å². The third kappa shape index (κ3) is 3.17. The van der Waals surface area contributed by atoms with Gasteiger partial charge in [-0.25, -0.2) is 0 Å². The normalized spacial score (nSPS) is 11.4. The number of ether oxygens (including phenoxy) is 1. The number of hydrogen-bond acceptors (Lipinski definition) is 5. The van der Waals surface area contributed by atoms with Crippen molar-refractivity contribution < 1.29 is 4.74 Å². The van der Waals surface area contributed by atoms with E-state index in [4.69, 9.17) is 4.74 Å². The number of nitrogens with zero attached hydrogens (tertiary/aromatic N) is 1. The Balaban J connectivity index is 2.52. The third-order valence-corrected chi connectivity index (χ3v) is 2.95. The molecule has 102 valence electrons. The molecule has 0 amide bonds. The second-order valence-electron chi connectivity index (χ2n) is 4.71. The zero-order valence-corrected chi connectivity index (χ0v) is 11.6. The van der Waals surface area contributed by atoms with E-state index in [-0.39, 0.29) is 16.8 Å². The summed E-state index contributed by atoms with van der Waals surface area (Å²) >= 11 is 0. The maximum Gasteiger partial charge on any atom is 0.249 e. The van der Waals surface area contributed by atoms with Gasteiger partial charge in [-0.2, -0.15) is 0 Å². The van der Waals surface area contributed by atoms with Crippen LogP contribution in [0.15, 0.2) is 9.59 Å². The predicted molar refractivity (Wildman–Crippen MR) is 73.5 cm³/mol. The first kappa shape index (κ1) is 14.9. The zero-order chi connectivity index (χ0) is 13.7. The standard InChI is InChI=1S/C13H22N2O3/c1-9(2)10-11(13(17)12(10)16)15(4)6-8-18-7-5-14-3/h9,14H,5-8H2,1-4H3. The molecule has 1 N–H and O–H groups in total. The van der Waals surface area contributed by atoms with Crippen molar-refractivity contribution in [2.75, 3.05) is 45.3 Å². The van der Waals surface area contributed by atoms with Gasteiger partial charge in [-0.15, -0.1) is 0 Å². The summed E-state index contributed by atoms with van der Waals surface area (Å²) in [5.74, 6) is 0.0952. The lowest BCUT2D eigenvalue weighted by molar-refractivity contribution is 0.144. The molecule has 5 heteroatoms. The maximum atomic E-state index is 11.6. The molecule has 5 nitrogen and oxygen atoms in total. The number of anilines is 1. The van der Waals surface area contributed by atoms with E-state index in [2.05, 4.69) is 5.32 Å². The van der Waals surface area contributed by atoms with E-state index in [1.54, 1.807) is 0 Å². The van der Waals surface area contributed by atoms with Crippen LogP contribution in [-0.2, 0) is 4.74 Å². The first-order chi connectivity index (χ1) is 8.50. The monoisotopic (exact) mass is 254 g/mol. The molecule has 0 fully saturated rings. The molecule has 0 spiro atoms. The Labute approximate surface area is 107 Å². The minimum atomic E-state index is -0.364. The number of nitrogens with one attached hydrogen (secondary N) is 1. The molecule has 0 unspecified atom stereocenters. The van der Waals surface area contributed by atoms with Crippen LogP contribution in [0.1, 0.15) is 25.3 Å². The molecule has 0 aliphatic rings. The number of likely N-dealkylation sites (N-methyl/N-ethyl adjacent to an activating group) is 2. The van der Waals surface area contributed by atoms with Gasteiger partial charge in [0.1, 0.15) is 0 Å². The van der Waals surface area contributed by atoms with Crippen molar-refractivity contribution in [1.29, 1.82) is 0 Å². The van der Waals surface area contributed by atoms with Crippen molar-refractivity contribution in [1.82, 2.24) is 5.32 Å². The Morgan fingerprint density at radius 1 is 1.22 bits per heavy atom. The highest BCUT2D eigenvalue weighted by Crippen LogP contribution is 2.21. The van der Waals surface area contributed by atoms with Gasteiger partial charge in [0.15, 0.2) is 0 Å². The van der Waals surface area contributed by atoms with Gasteiger partial charge in [0.05, 0.1) is 18.9 Å². The molecule has 1 aromatic rings. The molecular weight excluding hydrogens is 232 g/mol. The second kappa shape index (κ2) is 6.66. The summed E-state index contributed by atoms with van der Waals surface area (Å²) in [7, 11) is 3.69. The fourth-order valence-electron chi connectivity index (χ4n) is 1.90. The van der Waals surface area contributed by atoms with Crippen LogP contribution in [-0.4, -0.2) is 40.4 Å². The molecule has 0 bridgehead atoms. The lowest BCUT2D eigenvalue weighted by Gasteiger charge is -2.24. The van der Waals surface area contributed by atoms with Gasteiger partial charge < -0.3 is 15.0 Å². The SMILES string of the molecule is CNCCOCCN(C)c1c(C(C)C)c(=O)c1=O. The van der Waals surface area contributed by atoms with Gasteiger partial charge in [0.25, 0.3) is 0 Å². The molecule has 0 heterocycles. The zero-order valence-electron chi connectivity index (χ0n) is 11.6. The minimum absolute atomic E-state index is 0.0952. The van der Waals surface area contributed by atoms with Crippen LogP contribution in [0.25, 0.3) is 0 Å². The molecule has 1 aromatic carbocycles. The van der Waals surface area contributed by atoms with E-state index < -0.39 is 0 Å². The molecule has 0 radical (unpaired) electrons. The summed E-state index contributed by atoms with van der Waals surface area (Å²) in [6.07, 6.45) is 0. The maximum absolute atomic E-state index is 11.6. The summed E-state index contributed by atoms with van der Waals surface area (Å²) in [6, 6.07) is 0. The van der Waals surface area contributed by atoms with E-state index >= 15 is 0 Å². The van der Waals surface area contributed by atoms with Crippen molar-refractivity contribution in [2.24, 2.45) is 0 Å². The Bertz CT molecular complexity index is 447. The van der Waals surface area contributed by atoms with Crippen LogP contribution >= 0.6 is 0 Å². The lowest BCUT2D eigenvalue weighted by atomic mass is 9.95. The fraction of sp³-hybridized carbons (Fsp3) is 0.692. The lowest BCUT2D eigenvalue weighted by Crippen LogP contribution is -2.43. The van der Waals surface area contributed by atoms with Gasteiger partial charge in [-0.1, -0.05) is 13.8 Å². The molecule has 0 atom stereocenters. The topological polar surface area (TPSA) is 58.6 Å². The Kier molecular flexibility index (Phi) is 5.50. The summed E-state index contributed by atoms with van der Waals surface area (Å²) in [6.45, 7) is 6.48. The highest BCUT2D eigenvalue weighted by Gasteiger charge is 2.25. The van der Waals surface area contributed by atoms with Gasteiger partial charge in [0, 0.05) is 25.7 Å². The smallest absolute Gasteiger partial charge is 0.249 e. The predicted octanol–water partition coefficient (Wildman–Crippen LogP) is 0.0782. The number of rotatable bonds is 8. The Hall–Kier alpha value is -1.20. The molecular formula is C13H22N2O3. The highest BCUT2D eigenvalue weighted by atomic mass is 16.5. The van der Waals surface area contributed by atoms with E-state index in [0.717, 1.165) is 6.54 Å². The summed E-state index contributed by atoms with van der Waals surface area (Å²) in [5, 5.41) is 2.99. The molecule has 0 saturated heterocycles. The van der Waals surface area contributed by atoms with Crippen LogP contribution in [0.4, 0.5) is 5.69 Å². The van der Waals surface area contributed by atoms with Crippen molar-refractivity contribution >= 4 is 5.69 Å². The summed E-state index contributed by atoms with van der Waals surface area (Å²) < 4.78 is 5.40. The fourth-order valence-corrected chi connectivity index (χ4v) is 1.90. The van der Waals surface area contributed by atoms with Crippen molar-refractivity contribution in [2.45, 2.75) is 19.8 Å². The molecule has 1 rings (SSSR count). The largest absolute Gasteiger partial charge is 0.378 e. The van der Waals surface area contributed by atoms with Crippen LogP contribution in [0.2, 0.25) is 0 Å². The van der Waals surface area contributed by atoms with E-state index in [9.17, 15) is 9.59 Å². The average Bonchev–Trinajstić information content (AvgIpc) is 2.33. The Morgan fingerprint density at radius 2 is 1.89 bits per heavy atom. The molecule has 0 aliphatic carbocycles. The minimum Gasteiger partial charge on any atom is -0.378 e. The quantitative estimate of drug-likeness (QED) is 0.526. The van der Waals surface area contributed by atoms with Crippen LogP contribution < -0.4 is 21.1 Å². The molecule has 0 saturated carbocycles. The van der Waals surface area contributed by atoms with E-state index in [1.807, 2.05) is 32.8 Å². The molecule has 18 heavy (non-hydrogen) atoms. The van der Waals surface area contributed by atoms with Crippen LogP contribution in [0, 0.1) is 0 Å². The highest BCUT2D eigenvalue weighted by molar-refractivity contribution is 5.59. The van der Waals surface area contributed by atoms with Gasteiger partial charge in [-0.05, 0) is 13.0 Å². The summed E-state index contributed by atoms with van der Waals surface area (Å²) in [5.41, 5.74) is 0.518.